The zero-order valence-electron chi connectivity index (χ0n) is 17.3. The van der Waals surface area contributed by atoms with Gasteiger partial charge < -0.3 is 10.6 Å². The number of amides is 2. The topological polar surface area (TPSA) is 61.4 Å². The minimum atomic E-state index is -4.72. The molecule has 0 spiro atoms. The Hall–Kier alpha value is -2.94. The molecule has 0 atom stereocenters. The summed E-state index contributed by atoms with van der Waals surface area (Å²) in [6.07, 6.45) is -2.22. The minimum Gasteiger partial charge on any atom is -0.349 e. The maximum absolute atomic E-state index is 13.6. The Labute approximate surface area is 182 Å². The van der Waals surface area contributed by atoms with E-state index in [0.717, 1.165) is 29.3 Å². The summed E-state index contributed by atoms with van der Waals surface area (Å²) >= 11 is 0. The third kappa shape index (κ3) is 5.27. The molecule has 0 radical (unpaired) electrons. The Morgan fingerprint density at radius 1 is 1.09 bits per heavy atom. The summed E-state index contributed by atoms with van der Waals surface area (Å²) in [5.74, 6) is -1.79. The monoisotopic (exact) mass is 449 g/mol. The fourth-order valence-corrected chi connectivity index (χ4v) is 4.16. The quantitative estimate of drug-likeness (QED) is 0.691. The maximum Gasteiger partial charge on any atom is 0.416 e. The Morgan fingerprint density at radius 2 is 1.84 bits per heavy atom. The van der Waals surface area contributed by atoms with Crippen LogP contribution in [0.4, 0.5) is 23.2 Å². The van der Waals surface area contributed by atoms with Crippen molar-refractivity contribution in [3.8, 4) is 0 Å². The number of carbonyl (C=O) groups excluding carboxylic acids is 2. The van der Waals surface area contributed by atoms with E-state index in [1.165, 1.54) is 0 Å². The second-order valence-corrected chi connectivity index (χ2v) is 8.29. The van der Waals surface area contributed by atoms with Crippen molar-refractivity contribution in [3.63, 3.8) is 0 Å². The molecule has 2 amide bonds. The van der Waals surface area contributed by atoms with Gasteiger partial charge in [0, 0.05) is 43.3 Å². The van der Waals surface area contributed by atoms with Crippen LogP contribution in [0.25, 0.3) is 0 Å². The first-order valence-electron chi connectivity index (χ1n) is 10.5. The van der Waals surface area contributed by atoms with E-state index in [4.69, 9.17) is 0 Å². The molecule has 2 aromatic rings. The van der Waals surface area contributed by atoms with Crippen molar-refractivity contribution in [1.29, 1.82) is 0 Å². The summed E-state index contributed by atoms with van der Waals surface area (Å²) in [6, 6.07) is 7.73. The second kappa shape index (κ2) is 8.90. The fraction of sp³-hybridized carbons (Fsp3) is 0.391. The smallest absolute Gasteiger partial charge is 0.349 e. The highest BCUT2D eigenvalue weighted by Gasteiger charge is 2.32. The molecule has 0 aliphatic carbocycles. The first-order valence-corrected chi connectivity index (χ1v) is 10.5. The zero-order valence-corrected chi connectivity index (χ0v) is 17.3. The number of benzene rings is 2. The van der Waals surface area contributed by atoms with Crippen molar-refractivity contribution in [2.45, 2.75) is 44.4 Å². The van der Waals surface area contributed by atoms with Crippen molar-refractivity contribution < 1.29 is 27.2 Å². The lowest BCUT2D eigenvalue weighted by molar-refractivity contribution is -0.137. The van der Waals surface area contributed by atoms with Crippen LogP contribution in [0.1, 0.15) is 46.3 Å². The van der Waals surface area contributed by atoms with Crippen molar-refractivity contribution in [2.24, 2.45) is 0 Å². The van der Waals surface area contributed by atoms with Crippen LogP contribution >= 0.6 is 0 Å². The van der Waals surface area contributed by atoms with Gasteiger partial charge in [-0.3, -0.25) is 14.5 Å². The van der Waals surface area contributed by atoms with Gasteiger partial charge in [-0.1, -0.05) is 12.1 Å². The molecule has 2 aliphatic rings. The standard InChI is InChI=1S/C23H23F4N3O2/c24-18-11-16(10-17(12-18)23(25,26)27)22(32)28-19-5-7-30(8-6-19)13-14-1-2-15-3-4-21(31)29-20(15)9-14/h1-2,9-12,19H,3-8,13H2,(H,28,32)(H,29,31). The number of likely N-dealkylation sites (tertiary alicyclic amines) is 1. The largest absolute Gasteiger partial charge is 0.416 e. The molecular weight excluding hydrogens is 426 g/mol. The van der Waals surface area contributed by atoms with E-state index in [9.17, 15) is 27.2 Å². The van der Waals surface area contributed by atoms with Gasteiger partial charge in [-0.2, -0.15) is 13.2 Å². The van der Waals surface area contributed by atoms with Crippen LogP contribution in [0.3, 0.4) is 0 Å². The maximum atomic E-state index is 13.6. The summed E-state index contributed by atoms with van der Waals surface area (Å²) in [7, 11) is 0. The number of nitrogens with zero attached hydrogens (tertiary/aromatic N) is 1. The van der Waals surface area contributed by atoms with E-state index in [1.807, 2.05) is 18.2 Å². The average molecular weight is 449 g/mol. The summed E-state index contributed by atoms with van der Waals surface area (Å²) in [4.78, 5) is 26.2. The lowest BCUT2D eigenvalue weighted by Crippen LogP contribution is -2.44. The van der Waals surface area contributed by atoms with Gasteiger partial charge in [0.05, 0.1) is 5.56 Å². The van der Waals surface area contributed by atoms with Crippen LogP contribution in [0, 0.1) is 5.82 Å². The van der Waals surface area contributed by atoms with Crippen molar-refractivity contribution >= 4 is 17.5 Å². The lowest BCUT2D eigenvalue weighted by atomic mass is 9.99. The van der Waals surface area contributed by atoms with Gasteiger partial charge in [-0.15, -0.1) is 0 Å². The Kier molecular flexibility index (Phi) is 6.19. The average Bonchev–Trinajstić information content (AvgIpc) is 2.74. The first-order chi connectivity index (χ1) is 15.2. The molecule has 9 heteroatoms. The van der Waals surface area contributed by atoms with Crippen molar-refractivity contribution in [3.05, 3.63) is 64.5 Å². The number of nitrogens with one attached hydrogen (secondary N) is 2. The fourth-order valence-electron chi connectivity index (χ4n) is 4.16. The van der Waals surface area contributed by atoms with Gasteiger partial charge in [0.15, 0.2) is 0 Å². The molecule has 0 aromatic heterocycles. The van der Waals surface area contributed by atoms with Crippen LogP contribution in [-0.4, -0.2) is 35.8 Å². The molecular formula is C23H23F4N3O2. The zero-order chi connectivity index (χ0) is 22.9. The number of fused-ring (bicyclic) bond motifs is 1. The highest BCUT2D eigenvalue weighted by atomic mass is 19.4. The number of aryl methyl sites for hydroxylation is 1. The van der Waals surface area contributed by atoms with Gasteiger partial charge >= 0.3 is 6.18 Å². The summed E-state index contributed by atoms with van der Waals surface area (Å²) in [5.41, 5.74) is 1.54. The van der Waals surface area contributed by atoms with Gasteiger partial charge in [0.2, 0.25) is 5.91 Å². The third-order valence-electron chi connectivity index (χ3n) is 5.89. The molecule has 5 nitrogen and oxygen atoms in total. The van der Waals surface area contributed by atoms with E-state index in [1.54, 1.807) is 0 Å². The number of hydrogen-bond acceptors (Lipinski definition) is 3. The van der Waals surface area contributed by atoms with Crippen LogP contribution in [0.5, 0.6) is 0 Å². The number of piperidine rings is 1. The van der Waals surface area contributed by atoms with Gasteiger partial charge in [-0.25, -0.2) is 4.39 Å². The van der Waals surface area contributed by atoms with E-state index in [-0.39, 0.29) is 17.5 Å². The number of carbonyl (C=O) groups is 2. The number of anilines is 1. The Morgan fingerprint density at radius 3 is 2.56 bits per heavy atom. The second-order valence-electron chi connectivity index (χ2n) is 8.29. The molecule has 2 aliphatic heterocycles. The van der Waals surface area contributed by atoms with Crippen molar-refractivity contribution in [2.75, 3.05) is 18.4 Å². The molecule has 2 aromatic carbocycles. The van der Waals surface area contributed by atoms with Crippen LogP contribution in [0.15, 0.2) is 36.4 Å². The summed E-state index contributed by atoms with van der Waals surface area (Å²) in [5, 5.41) is 5.62. The molecule has 0 bridgehead atoms. The van der Waals surface area contributed by atoms with Gasteiger partial charge in [0.25, 0.3) is 5.91 Å². The van der Waals surface area contributed by atoms with E-state index >= 15 is 0 Å². The predicted molar refractivity (Wildman–Crippen MR) is 111 cm³/mol. The van der Waals surface area contributed by atoms with Crippen LogP contribution in [0.2, 0.25) is 0 Å². The van der Waals surface area contributed by atoms with Gasteiger partial charge in [0.1, 0.15) is 5.82 Å². The SMILES string of the molecule is O=C1CCc2ccc(CN3CCC(NC(=O)c4cc(F)cc(C(F)(F)F)c4)CC3)cc2N1. The normalized spacial score (nSPS) is 17.6. The highest BCUT2D eigenvalue weighted by Crippen LogP contribution is 2.30. The van der Waals surface area contributed by atoms with E-state index in [0.29, 0.717) is 51.0 Å². The molecule has 170 valence electrons. The Balaban J connectivity index is 1.32. The summed E-state index contributed by atoms with van der Waals surface area (Å²) < 4.78 is 52.2. The molecule has 4 rings (SSSR count). The van der Waals surface area contributed by atoms with E-state index < -0.39 is 23.5 Å². The van der Waals surface area contributed by atoms with E-state index in [2.05, 4.69) is 15.5 Å². The molecule has 2 heterocycles. The summed E-state index contributed by atoms with van der Waals surface area (Å²) in [6.45, 7) is 2.10. The van der Waals surface area contributed by atoms with Crippen LogP contribution in [-0.2, 0) is 23.9 Å². The number of hydrogen-bond donors (Lipinski definition) is 2. The molecule has 1 saturated heterocycles. The Bertz CT molecular complexity index is 1030. The lowest BCUT2D eigenvalue weighted by Gasteiger charge is -2.32. The molecule has 1 fully saturated rings. The number of halogens is 4. The minimum absolute atomic E-state index is 0.0202. The predicted octanol–water partition coefficient (Wildman–Crippen LogP) is 4.12. The third-order valence-corrected chi connectivity index (χ3v) is 5.89. The first kappa shape index (κ1) is 22.3. The molecule has 0 saturated carbocycles. The molecule has 32 heavy (non-hydrogen) atoms. The van der Waals surface area contributed by atoms with Crippen LogP contribution < -0.4 is 10.6 Å². The van der Waals surface area contributed by atoms with Gasteiger partial charge in [-0.05, 0) is 54.7 Å². The number of alkyl halides is 3. The molecule has 2 N–H and O–H groups in total. The van der Waals surface area contributed by atoms with Crippen molar-refractivity contribution in [1.82, 2.24) is 10.2 Å². The molecule has 0 unspecified atom stereocenters. The highest BCUT2D eigenvalue weighted by molar-refractivity contribution is 5.95. The number of rotatable bonds is 4.